The molecule has 0 saturated heterocycles. The highest BCUT2D eigenvalue weighted by atomic mass is 35.5. The summed E-state index contributed by atoms with van der Waals surface area (Å²) in [5.41, 5.74) is 1.28. The molecule has 5 heteroatoms. The Balaban J connectivity index is 3.17. The SMILES string of the molecule is Cc1nn(C(=O)CCl)c(C)c1Cl. The average Bonchev–Trinajstić information content (AvgIpc) is 2.32. The van der Waals surface area contributed by atoms with Crippen LogP contribution in [-0.4, -0.2) is 21.6 Å². The summed E-state index contributed by atoms with van der Waals surface area (Å²) < 4.78 is 1.23. The van der Waals surface area contributed by atoms with Crippen molar-refractivity contribution in [3.63, 3.8) is 0 Å². The second-order valence-electron chi connectivity index (χ2n) is 2.42. The normalized spacial score (nSPS) is 10.3. The summed E-state index contributed by atoms with van der Waals surface area (Å²) >= 11 is 11.2. The van der Waals surface area contributed by atoms with Gasteiger partial charge in [-0.2, -0.15) is 5.10 Å². The number of rotatable bonds is 1. The van der Waals surface area contributed by atoms with Crippen LogP contribution in [0.5, 0.6) is 0 Å². The van der Waals surface area contributed by atoms with Gasteiger partial charge < -0.3 is 0 Å². The van der Waals surface area contributed by atoms with Gasteiger partial charge in [-0.1, -0.05) is 11.6 Å². The fourth-order valence-corrected chi connectivity index (χ4v) is 1.15. The van der Waals surface area contributed by atoms with Crippen molar-refractivity contribution in [2.45, 2.75) is 13.8 Å². The maximum atomic E-state index is 11.1. The zero-order chi connectivity index (χ0) is 9.30. The smallest absolute Gasteiger partial charge is 0.262 e. The first-order valence-corrected chi connectivity index (χ1v) is 4.30. The lowest BCUT2D eigenvalue weighted by atomic mass is 10.4. The Bertz CT molecular complexity index is 319. The second kappa shape index (κ2) is 3.46. The molecule has 0 amide bonds. The zero-order valence-electron chi connectivity index (χ0n) is 6.77. The van der Waals surface area contributed by atoms with E-state index in [9.17, 15) is 4.79 Å². The number of carbonyl (C=O) groups excluding carboxylic acids is 1. The predicted molar refractivity (Wildman–Crippen MR) is 48.1 cm³/mol. The van der Waals surface area contributed by atoms with Crippen molar-refractivity contribution in [2.75, 3.05) is 5.88 Å². The van der Waals surface area contributed by atoms with E-state index in [2.05, 4.69) is 5.10 Å². The maximum Gasteiger partial charge on any atom is 0.262 e. The van der Waals surface area contributed by atoms with Crippen LogP contribution in [-0.2, 0) is 0 Å². The lowest BCUT2D eigenvalue weighted by Gasteiger charge is -1.97. The molecule has 1 aromatic heterocycles. The summed E-state index contributed by atoms with van der Waals surface area (Å²) in [5.74, 6) is -0.345. The molecule has 0 aromatic carbocycles. The molecule has 3 nitrogen and oxygen atoms in total. The van der Waals surface area contributed by atoms with E-state index in [-0.39, 0.29) is 11.8 Å². The highest BCUT2D eigenvalue weighted by Gasteiger charge is 2.13. The molecule has 1 aromatic rings. The molecule has 1 rings (SSSR count). The van der Waals surface area contributed by atoms with Gasteiger partial charge in [-0.25, -0.2) is 4.68 Å². The molecule has 0 aliphatic rings. The third-order valence-electron chi connectivity index (χ3n) is 1.55. The predicted octanol–water partition coefficient (Wildman–Crippen LogP) is 2.03. The van der Waals surface area contributed by atoms with Crippen LogP contribution in [0.3, 0.4) is 0 Å². The van der Waals surface area contributed by atoms with E-state index in [0.29, 0.717) is 16.4 Å². The molecular weight excluding hydrogens is 199 g/mol. The van der Waals surface area contributed by atoms with Crippen LogP contribution in [0.1, 0.15) is 16.2 Å². The Labute approximate surface area is 80.3 Å². The van der Waals surface area contributed by atoms with E-state index in [0.717, 1.165) is 0 Å². The van der Waals surface area contributed by atoms with Gasteiger partial charge in [0.2, 0.25) is 0 Å². The Kier molecular flexibility index (Phi) is 2.75. The van der Waals surface area contributed by atoms with Gasteiger partial charge in [-0.3, -0.25) is 4.79 Å². The van der Waals surface area contributed by atoms with Crippen LogP contribution in [0.15, 0.2) is 0 Å². The van der Waals surface area contributed by atoms with Crippen LogP contribution in [0.25, 0.3) is 0 Å². The number of hydrogen-bond acceptors (Lipinski definition) is 2. The number of alkyl halides is 1. The lowest BCUT2D eigenvalue weighted by Crippen LogP contribution is -2.15. The Hall–Kier alpha value is -0.540. The first-order valence-electron chi connectivity index (χ1n) is 3.38. The number of nitrogens with zero attached hydrogens (tertiary/aromatic N) is 2. The van der Waals surface area contributed by atoms with Crippen molar-refractivity contribution in [1.29, 1.82) is 0 Å². The molecule has 0 atom stereocenters. The molecule has 1 heterocycles. The van der Waals surface area contributed by atoms with Gasteiger partial charge in [0, 0.05) is 0 Å². The molecule has 0 bridgehead atoms. The number of carbonyl (C=O) groups is 1. The van der Waals surface area contributed by atoms with Gasteiger partial charge in [0.25, 0.3) is 5.91 Å². The van der Waals surface area contributed by atoms with Gasteiger partial charge in [0.15, 0.2) is 0 Å². The van der Waals surface area contributed by atoms with Gasteiger partial charge >= 0.3 is 0 Å². The molecular formula is C7H8Cl2N2O. The van der Waals surface area contributed by atoms with Crippen LogP contribution < -0.4 is 0 Å². The molecule has 0 saturated carbocycles. The Morgan fingerprint density at radius 1 is 1.58 bits per heavy atom. The van der Waals surface area contributed by atoms with E-state index in [1.165, 1.54) is 4.68 Å². The second-order valence-corrected chi connectivity index (χ2v) is 3.07. The highest BCUT2D eigenvalue weighted by Crippen LogP contribution is 2.18. The molecule has 0 N–H and O–H groups in total. The summed E-state index contributed by atoms with van der Waals surface area (Å²) in [7, 11) is 0. The fraction of sp³-hybridized carbons (Fsp3) is 0.429. The van der Waals surface area contributed by atoms with Crippen molar-refractivity contribution in [3.05, 3.63) is 16.4 Å². The minimum atomic E-state index is -0.260. The van der Waals surface area contributed by atoms with Crippen molar-refractivity contribution in [2.24, 2.45) is 0 Å². The largest absolute Gasteiger partial charge is 0.271 e. The number of aromatic nitrogens is 2. The van der Waals surface area contributed by atoms with E-state index < -0.39 is 0 Å². The van der Waals surface area contributed by atoms with Crippen molar-refractivity contribution < 1.29 is 4.79 Å². The van der Waals surface area contributed by atoms with Gasteiger partial charge in [0.05, 0.1) is 16.4 Å². The third-order valence-corrected chi connectivity index (χ3v) is 2.33. The van der Waals surface area contributed by atoms with Gasteiger partial charge in [0.1, 0.15) is 5.88 Å². The van der Waals surface area contributed by atoms with E-state index >= 15 is 0 Å². The van der Waals surface area contributed by atoms with Crippen LogP contribution in [0.4, 0.5) is 0 Å². The number of hydrogen-bond donors (Lipinski definition) is 0. The summed E-state index contributed by atoms with van der Waals surface area (Å²) in [6.45, 7) is 3.47. The molecule has 0 aliphatic carbocycles. The quantitative estimate of drug-likeness (QED) is 0.660. The van der Waals surface area contributed by atoms with Crippen LogP contribution >= 0.6 is 23.2 Å². The Morgan fingerprint density at radius 2 is 2.17 bits per heavy atom. The monoisotopic (exact) mass is 206 g/mol. The molecule has 0 aliphatic heterocycles. The Morgan fingerprint density at radius 3 is 2.50 bits per heavy atom. The maximum absolute atomic E-state index is 11.1. The number of aryl methyl sites for hydroxylation is 1. The first-order chi connectivity index (χ1) is 5.57. The van der Waals surface area contributed by atoms with Crippen LogP contribution in [0.2, 0.25) is 5.02 Å². The fourth-order valence-electron chi connectivity index (χ4n) is 0.923. The summed E-state index contributed by atoms with van der Waals surface area (Å²) in [4.78, 5) is 11.1. The van der Waals surface area contributed by atoms with E-state index in [1.807, 2.05) is 0 Å². The van der Waals surface area contributed by atoms with Gasteiger partial charge in [-0.05, 0) is 13.8 Å². The van der Waals surface area contributed by atoms with E-state index in [1.54, 1.807) is 13.8 Å². The van der Waals surface area contributed by atoms with E-state index in [4.69, 9.17) is 23.2 Å². The minimum absolute atomic E-state index is 0.0850. The third kappa shape index (κ3) is 1.47. The summed E-state index contributed by atoms with van der Waals surface area (Å²) in [6.07, 6.45) is 0. The molecule has 0 radical (unpaired) electrons. The lowest BCUT2D eigenvalue weighted by molar-refractivity contribution is 0.0922. The zero-order valence-corrected chi connectivity index (χ0v) is 8.28. The average molecular weight is 207 g/mol. The standard InChI is InChI=1S/C7H8Cl2N2O/c1-4-7(9)5(2)11(10-4)6(12)3-8/h3H2,1-2H3. The molecule has 0 fully saturated rings. The molecule has 0 unspecified atom stereocenters. The topological polar surface area (TPSA) is 34.9 Å². The minimum Gasteiger partial charge on any atom is -0.271 e. The van der Waals surface area contributed by atoms with Crippen molar-refractivity contribution in [1.82, 2.24) is 9.78 Å². The van der Waals surface area contributed by atoms with Gasteiger partial charge in [-0.15, -0.1) is 11.6 Å². The van der Waals surface area contributed by atoms with Crippen molar-refractivity contribution >= 4 is 29.1 Å². The van der Waals surface area contributed by atoms with Crippen LogP contribution in [0, 0.1) is 13.8 Å². The molecule has 66 valence electrons. The molecule has 12 heavy (non-hydrogen) atoms. The molecule has 0 spiro atoms. The number of halogens is 2. The summed E-state index contributed by atoms with van der Waals surface area (Å²) in [5, 5.41) is 4.45. The van der Waals surface area contributed by atoms with Crippen molar-refractivity contribution in [3.8, 4) is 0 Å². The highest BCUT2D eigenvalue weighted by molar-refractivity contribution is 6.32. The first kappa shape index (κ1) is 9.55. The summed E-state index contributed by atoms with van der Waals surface area (Å²) in [6, 6.07) is 0.